The zero-order valence-corrected chi connectivity index (χ0v) is 16.8. The van der Waals surface area contributed by atoms with Crippen molar-refractivity contribution < 1.29 is 18.0 Å². The fourth-order valence-corrected chi connectivity index (χ4v) is 5.97. The van der Waals surface area contributed by atoms with Crippen molar-refractivity contribution >= 4 is 21.8 Å². The molecule has 0 saturated carbocycles. The number of benzene rings is 1. The summed E-state index contributed by atoms with van der Waals surface area (Å²) in [5.41, 5.74) is 0.377. The van der Waals surface area contributed by atoms with E-state index >= 15 is 0 Å². The van der Waals surface area contributed by atoms with E-state index in [-0.39, 0.29) is 16.0 Å². The third-order valence-corrected chi connectivity index (χ3v) is 8.03. The maximum absolute atomic E-state index is 13.0. The van der Waals surface area contributed by atoms with E-state index in [9.17, 15) is 18.0 Å². The molecule has 2 amide bonds. The summed E-state index contributed by atoms with van der Waals surface area (Å²) in [6.45, 7) is 4.39. The van der Waals surface area contributed by atoms with Gasteiger partial charge in [0, 0.05) is 19.6 Å². The first kappa shape index (κ1) is 19.5. The third-order valence-electron chi connectivity index (χ3n) is 6.13. The molecule has 152 valence electrons. The number of amides is 2. The second-order valence-electron chi connectivity index (χ2n) is 8.05. The lowest BCUT2D eigenvalue weighted by molar-refractivity contribution is 0.0879. The highest BCUT2D eigenvalue weighted by atomic mass is 32.2. The van der Waals surface area contributed by atoms with Gasteiger partial charge in [0.25, 0.3) is 11.8 Å². The van der Waals surface area contributed by atoms with Gasteiger partial charge in [-0.15, -0.1) is 0 Å². The zero-order chi connectivity index (χ0) is 19.7. The van der Waals surface area contributed by atoms with Crippen molar-refractivity contribution in [2.75, 3.05) is 32.7 Å². The Labute approximate surface area is 166 Å². The molecule has 0 atom stereocenters. The van der Waals surface area contributed by atoms with Crippen LogP contribution < -0.4 is 5.32 Å². The number of hydrogen-bond acceptors (Lipinski definition) is 5. The van der Waals surface area contributed by atoms with E-state index < -0.39 is 21.8 Å². The molecular formula is C20H27N3O4S. The SMILES string of the molecule is O=C1NC(=O)c2cc(S(=O)(=O)N3CCC(CN4CCCCCC4)CC3)ccc21. The van der Waals surface area contributed by atoms with Crippen LogP contribution >= 0.6 is 0 Å². The van der Waals surface area contributed by atoms with Gasteiger partial charge in [0.2, 0.25) is 10.0 Å². The van der Waals surface area contributed by atoms with Gasteiger partial charge in [0.15, 0.2) is 0 Å². The molecule has 2 fully saturated rings. The Morgan fingerprint density at radius 3 is 2.21 bits per heavy atom. The van der Waals surface area contributed by atoms with Crippen molar-refractivity contribution in [1.82, 2.24) is 14.5 Å². The molecule has 3 aliphatic rings. The number of sulfonamides is 1. The topological polar surface area (TPSA) is 86.8 Å². The van der Waals surface area contributed by atoms with E-state index in [1.165, 1.54) is 48.2 Å². The summed E-state index contributed by atoms with van der Waals surface area (Å²) in [7, 11) is -3.66. The van der Waals surface area contributed by atoms with Crippen LogP contribution in [0.25, 0.3) is 0 Å². The smallest absolute Gasteiger partial charge is 0.258 e. The summed E-state index contributed by atoms with van der Waals surface area (Å²) in [5.74, 6) is -0.473. The number of carbonyl (C=O) groups excluding carboxylic acids is 2. The van der Waals surface area contributed by atoms with Crippen molar-refractivity contribution in [3.63, 3.8) is 0 Å². The Morgan fingerprint density at radius 1 is 0.893 bits per heavy atom. The van der Waals surface area contributed by atoms with Gasteiger partial charge in [-0.25, -0.2) is 8.42 Å². The van der Waals surface area contributed by atoms with E-state index in [0.29, 0.717) is 19.0 Å². The van der Waals surface area contributed by atoms with Crippen molar-refractivity contribution in [3.05, 3.63) is 29.3 Å². The number of fused-ring (bicyclic) bond motifs is 1. The van der Waals surface area contributed by atoms with Gasteiger partial charge in [0.1, 0.15) is 0 Å². The van der Waals surface area contributed by atoms with Crippen LogP contribution in [0.15, 0.2) is 23.1 Å². The summed E-state index contributed by atoms with van der Waals surface area (Å²) in [6, 6.07) is 4.18. The van der Waals surface area contributed by atoms with E-state index in [4.69, 9.17) is 0 Å². The van der Waals surface area contributed by atoms with Crippen molar-refractivity contribution in [2.45, 2.75) is 43.4 Å². The summed E-state index contributed by atoms with van der Waals surface area (Å²) in [6.07, 6.45) is 6.89. The van der Waals surface area contributed by atoms with Crippen LogP contribution in [0.1, 0.15) is 59.2 Å². The number of likely N-dealkylation sites (tertiary alicyclic amines) is 1. The first-order valence-corrected chi connectivity index (χ1v) is 11.6. The quantitative estimate of drug-likeness (QED) is 0.773. The van der Waals surface area contributed by atoms with Gasteiger partial charge in [-0.05, 0) is 62.9 Å². The second-order valence-corrected chi connectivity index (χ2v) is 9.99. The maximum Gasteiger partial charge on any atom is 0.258 e. The molecule has 0 radical (unpaired) electrons. The molecule has 3 heterocycles. The first-order valence-electron chi connectivity index (χ1n) is 10.2. The van der Waals surface area contributed by atoms with Crippen LogP contribution in [0, 0.1) is 5.92 Å². The van der Waals surface area contributed by atoms with Gasteiger partial charge < -0.3 is 4.90 Å². The Balaban J connectivity index is 1.40. The minimum absolute atomic E-state index is 0.0852. The molecule has 8 heteroatoms. The monoisotopic (exact) mass is 405 g/mol. The fraction of sp³-hybridized carbons (Fsp3) is 0.600. The highest BCUT2D eigenvalue weighted by Gasteiger charge is 2.33. The Kier molecular flexibility index (Phi) is 5.53. The summed E-state index contributed by atoms with van der Waals surface area (Å²) < 4.78 is 27.5. The molecule has 7 nitrogen and oxygen atoms in total. The van der Waals surface area contributed by atoms with Crippen LogP contribution in [0.3, 0.4) is 0 Å². The Hall–Kier alpha value is -1.77. The van der Waals surface area contributed by atoms with Crippen molar-refractivity contribution in [3.8, 4) is 0 Å². The molecule has 1 aromatic rings. The van der Waals surface area contributed by atoms with Crippen LogP contribution in [0.4, 0.5) is 0 Å². The molecule has 2 saturated heterocycles. The average Bonchev–Trinajstić information content (AvgIpc) is 2.86. The lowest BCUT2D eigenvalue weighted by atomic mass is 9.97. The predicted molar refractivity (Wildman–Crippen MR) is 105 cm³/mol. The van der Waals surface area contributed by atoms with Gasteiger partial charge >= 0.3 is 0 Å². The third kappa shape index (κ3) is 3.86. The second kappa shape index (κ2) is 7.93. The van der Waals surface area contributed by atoms with Crippen molar-refractivity contribution in [1.29, 1.82) is 0 Å². The van der Waals surface area contributed by atoms with Gasteiger partial charge in [-0.1, -0.05) is 12.8 Å². The Bertz CT molecular complexity index is 867. The number of nitrogens with zero attached hydrogens (tertiary/aromatic N) is 2. The fourth-order valence-electron chi connectivity index (χ4n) is 4.47. The Morgan fingerprint density at radius 2 is 1.54 bits per heavy atom. The van der Waals surface area contributed by atoms with Crippen LogP contribution in [-0.2, 0) is 10.0 Å². The molecule has 4 rings (SSSR count). The number of hydrogen-bond donors (Lipinski definition) is 1. The van der Waals surface area contributed by atoms with Gasteiger partial charge in [0.05, 0.1) is 16.0 Å². The van der Waals surface area contributed by atoms with E-state index in [0.717, 1.165) is 32.5 Å². The molecule has 0 unspecified atom stereocenters. The maximum atomic E-state index is 13.0. The molecular weight excluding hydrogens is 378 g/mol. The van der Waals surface area contributed by atoms with E-state index in [1.54, 1.807) is 0 Å². The van der Waals surface area contributed by atoms with Crippen LogP contribution in [0.2, 0.25) is 0 Å². The summed E-state index contributed by atoms with van der Waals surface area (Å²) in [4.78, 5) is 26.1. The van der Waals surface area contributed by atoms with Crippen molar-refractivity contribution in [2.24, 2.45) is 5.92 Å². The lowest BCUT2D eigenvalue weighted by Gasteiger charge is -2.34. The number of carbonyl (C=O) groups is 2. The molecule has 0 spiro atoms. The molecule has 1 N–H and O–H groups in total. The highest BCUT2D eigenvalue weighted by Crippen LogP contribution is 2.27. The molecule has 0 bridgehead atoms. The minimum Gasteiger partial charge on any atom is -0.303 e. The number of piperidine rings is 1. The molecule has 28 heavy (non-hydrogen) atoms. The summed E-state index contributed by atoms with van der Waals surface area (Å²) in [5, 5.41) is 2.20. The van der Waals surface area contributed by atoms with Gasteiger partial charge in [-0.2, -0.15) is 4.31 Å². The summed E-state index contributed by atoms with van der Waals surface area (Å²) >= 11 is 0. The minimum atomic E-state index is -3.66. The molecule has 0 aromatic heterocycles. The average molecular weight is 406 g/mol. The predicted octanol–water partition coefficient (Wildman–Crippen LogP) is 1.85. The molecule has 0 aliphatic carbocycles. The standard InChI is InChI=1S/C20H27N3O4S/c24-19-17-6-5-16(13-18(17)20(25)21-19)28(26,27)23-11-7-15(8-12-23)14-22-9-3-1-2-4-10-22/h5-6,13,15H,1-4,7-12,14H2,(H,21,24,25). The van der Waals surface area contributed by atoms with E-state index in [2.05, 4.69) is 10.2 Å². The van der Waals surface area contributed by atoms with E-state index in [1.807, 2.05) is 0 Å². The number of rotatable bonds is 4. The largest absolute Gasteiger partial charge is 0.303 e. The van der Waals surface area contributed by atoms with Crippen LogP contribution in [-0.4, -0.2) is 62.2 Å². The first-order chi connectivity index (χ1) is 13.4. The molecule has 1 aromatic carbocycles. The normalized spacial score (nSPS) is 22.7. The molecule has 3 aliphatic heterocycles. The number of nitrogens with one attached hydrogen (secondary N) is 1. The number of imide groups is 1. The van der Waals surface area contributed by atoms with Gasteiger partial charge in [-0.3, -0.25) is 14.9 Å². The zero-order valence-electron chi connectivity index (χ0n) is 16.0. The lowest BCUT2D eigenvalue weighted by Crippen LogP contribution is -2.41. The highest BCUT2D eigenvalue weighted by molar-refractivity contribution is 7.89. The van der Waals surface area contributed by atoms with Crippen LogP contribution in [0.5, 0.6) is 0 Å².